The Morgan fingerprint density at radius 1 is 0.854 bits per heavy atom. The average molecular weight is 576 g/mol. The highest BCUT2D eigenvalue weighted by atomic mass is 16.4. The normalized spacial score (nSPS) is 13.8. The summed E-state index contributed by atoms with van der Waals surface area (Å²) in [7, 11) is 0. The minimum atomic E-state index is -1.25. The molecular weight excluding hydrogens is 538 g/mol. The number of phenolic OH excluding ortho intramolecular Hbond substituents is 1. The van der Waals surface area contributed by atoms with Crippen molar-refractivity contribution in [3.63, 3.8) is 0 Å². The third kappa shape index (κ3) is 11.6. The van der Waals surface area contributed by atoms with Crippen molar-refractivity contribution >= 4 is 29.7 Å². The Balaban J connectivity index is 2.26. The standard InChI is InChI=1S/C26H37N7O8/c27-10-2-1-3-19(26(40)41)31-25(39)21(12-16-13-29-14-30-16)33-24(38)20(11-15-4-6-17(34)7-5-15)32-23(37)18(28)8-9-22(35)36/h4-7,13-14,18-21,34H,1-3,8-12,27-28H2,(H,29,30)(H,31,39)(H,32,37)(H,33,38)(H,35,36)(H,40,41). The summed E-state index contributed by atoms with van der Waals surface area (Å²) >= 11 is 0. The van der Waals surface area contributed by atoms with Gasteiger partial charge in [-0.25, -0.2) is 9.78 Å². The van der Waals surface area contributed by atoms with Gasteiger partial charge in [-0.2, -0.15) is 0 Å². The van der Waals surface area contributed by atoms with E-state index >= 15 is 0 Å². The number of carbonyl (C=O) groups excluding carboxylic acids is 3. The summed E-state index contributed by atoms with van der Waals surface area (Å²) in [6.07, 6.45) is 3.35. The highest BCUT2D eigenvalue weighted by Gasteiger charge is 2.31. The number of carboxylic acid groups (broad SMARTS) is 2. The van der Waals surface area contributed by atoms with Crippen LogP contribution in [0.3, 0.4) is 0 Å². The van der Waals surface area contributed by atoms with E-state index in [9.17, 15) is 34.2 Å². The van der Waals surface area contributed by atoms with Gasteiger partial charge in [0.05, 0.1) is 12.4 Å². The Morgan fingerprint density at radius 2 is 1.46 bits per heavy atom. The molecule has 0 bridgehead atoms. The highest BCUT2D eigenvalue weighted by molar-refractivity contribution is 5.94. The van der Waals surface area contributed by atoms with Crippen LogP contribution in [0.2, 0.25) is 0 Å². The molecule has 0 aliphatic heterocycles. The van der Waals surface area contributed by atoms with Crippen molar-refractivity contribution < 1.29 is 39.3 Å². The van der Waals surface area contributed by atoms with E-state index in [1.807, 2.05) is 0 Å². The Bertz CT molecular complexity index is 1160. The number of nitrogens with two attached hydrogens (primary N) is 2. The predicted molar refractivity (Wildman–Crippen MR) is 145 cm³/mol. The van der Waals surface area contributed by atoms with Crippen LogP contribution in [0, 0.1) is 0 Å². The van der Waals surface area contributed by atoms with Gasteiger partial charge in [-0.05, 0) is 49.9 Å². The maximum absolute atomic E-state index is 13.5. The van der Waals surface area contributed by atoms with Crippen LogP contribution in [0.15, 0.2) is 36.8 Å². The lowest BCUT2D eigenvalue weighted by Gasteiger charge is -2.25. The molecule has 0 fully saturated rings. The molecule has 0 aliphatic rings. The molecule has 1 heterocycles. The first kappa shape index (κ1) is 32.7. The predicted octanol–water partition coefficient (Wildman–Crippen LogP) is -1.24. The number of nitrogens with one attached hydrogen (secondary N) is 4. The molecule has 1 aromatic carbocycles. The molecule has 4 unspecified atom stereocenters. The number of aromatic hydroxyl groups is 1. The first-order valence-electron chi connectivity index (χ1n) is 13.1. The van der Waals surface area contributed by atoms with Crippen LogP contribution in [0.1, 0.15) is 43.4 Å². The van der Waals surface area contributed by atoms with Gasteiger partial charge in [0, 0.05) is 31.2 Å². The number of aromatic nitrogens is 2. The summed E-state index contributed by atoms with van der Waals surface area (Å²) in [5, 5.41) is 35.6. The van der Waals surface area contributed by atoms with Gasteiger partial charge in [-0.3, -0.25) is 19.2 Å². The number of H-pyrrole nitrogens is 1. The molecule has 0 spiro atoms. The molecule has 41 heavy (non-hydrogen) atoms. The zero-order chi connectivity index (χ0) is 30.4. The van der Waals surface area contributed by atoms with Gasteiger partial charge in [0.15, 0.2) is 0 Å². The Morgan fingerprint density at radius 3 is 2.02 bits per heavy atom. The van der Waals surface area contributed by atoms with Crippen LogP contribution >= 0.6 is 0 Å². The Kier molecular flexibility index (Phi) is 13.2. The van der Waals surface area contributed by atoms with Crippen LogP contribution in [0.4, 0.5) is 0 Å². The Hall–Kier alpha value is -4.50. The third-order valence-corrected chi connectivity index (χ3v) is 6.19. The lowest BCUT2D eigenvalue weighted by Crippen LogP contribution is -2.58. The quantitative estimate of drug-likeness (QED) is 0.0949. The smallest absolute Gasteiger partial charge is 0.326 e. The van der Waals surface area contributed by atoms with Gasteiger partial charge >= 0.3 is 11.9 Å². The zero-order valence-corrected chi connectivity index (χ0v) is 22.4. The first-order chi connectivity index (χ1) is 19.5. The summed E-state index contributed by atoms with van der Waals surface area (Å²) in [5.74, 6) is -4.69. The molecule has 0 aliphatic carbocycles. The van der Waals surface area contributed by atoms with Crippen molar-refractivity contribution in [1.82, 2.24) is 25.9 Å². The number of amides is 3. The number of benzene rings is 1. The number of hydrogen-bond acceptors (Lipinski definition) is 9. The molecule has 15 heteroatoms. The molecule has 0 radical (unpaired) electrons. The van der Waals surface area contributed by atoms with Gasteiger partial charge in [0.2, 0.25) is 17.7 Å². The number of aliphatic carboxylic acids is 2. The maximum Gasteiger partial charge on any atom is 0.326 e. The summed E-state index contributed by atoms with van der Waals surface area (Å²) in [5.41, 5.74) is 12.3. The fourth-order valence-electron chi connectivity index (χ4n) is 3.89. The van der Waals surface area contributed by atoms with Crippen LogP contribution in [0.5, 0.6) is 5.75 Å². The maximum atomic E-state index is 13.5. The number of imidazole rings is 1. The molecule has 3 amide bonds. The number of aromatic amines is 1. The van der Waals surface area contributed by atoms with Crippen molar-refractivity contribution in [2.75, 3.05) is 6.54 Å². The lowest BCUT2D eigenvalue weighted by atomic mass is 10.0. The molecule has 0 saturated heterocycles. The van der Waals surface area contributed by atoms with Crippen LogP contribution in [0.25, 0.3) is 0 Å². The van der Waals surface area contributed by atoms with Crippen molar-refractivity contribution in [1.29, 1.82) is 0 Å². The van der Waals surface area contributed by atoms with E-state index in [-0.39, 0.29) is 37.9 Å². The van der Waals surface area contributed by atoms with Crippen molar-refractivity contribution in [3.8, 4) is 5.75 Å². The minimum absolute atomic E-state index is 0.00906. The fraction of sp³-hybridized carbons (Fsp3) is 0.462. The van der Waals surface area contributed by atoms with E-state index in [1.165, 1.54) is 24.7 Å². The van der Waals surface area contributed by atoms with Crippen LogP contribution < -0.4 is 27.4 Å². The minimum Gasteiger partial charge on any atom is -0.508 e. The second kappa shape index (κ2) is 16.6. The topological polar surface area (TPSA) is 263 Å². The van der Waals surface area contributed by atoms with Gasteiger partial charge < -0.3 is 47.7 Å². The van der Waals surface area contributed by atoms with E-state index in [0.29, 0.717) is 30.6 Å². The van der Waals surface area contributed by atoms with E-state index in [0.717, 1.165) is 0 Å². The van der Waals surface area contributed by atoms with Gasteiger partial charge in [0.25, 0.3) is 0 Å². The van der Waals surface area contributed by atoms with E-state index < -0.39 is 53.8 Å². The molecular formula is C26H37N7O8. The number of phenols is 1. The highest BCUT2D eigenvalue weighted by Crippen LogP contribution is 2.12. The second-order valence-corrected chi connectivity index (χ2v) is 9.50. The van der Waals surface area contributed by atoms with E-state index in [4.69, 9.17) is 16.6 Å². The van der Waals surface area contributed by atoms with Crippen molar-refractivity contribution in [3.05, 3.63) is 48.0 Å². The van der Waals surface area contributed by atoms with E-state index in [1.54, 1.807) is 12.1 Å². The number of unbranched alkanes of at least 4 members (excludes halogenated alkanes) is 1. The molecule has 224 valence electrons. The van der Waals surface area contributed by atoms with Crippen molar-refractivity contribution in [2.45, 2.75) is 69.1 Å². The zero-order valence-electron chi connectivity index (χ0n) is 22.4. The Labute approximate surface area is 236 Å². The third-order valence-electron chi connectivity index (χ3n) is 6.19. The van der Waals surface area contributed by atoms with Crippen LogP contribution in [-0.4, -0.2) is 85.7 Å². The summed E-state index contributed by atoms with van der Waals surface area (Å²) < 4.78 is 0. The monoisotopic (exact) mass is 575 g/mol. The molecule has 11 N–H and O–H groups in total. The van der Waals surface area contributed by atoms with Gasteiger partial charge in [0.1, 0.15) is 23.9 Å². The van der Waals surface area contributed by atoms with Gasteiger partial charge in [-0.15, -0.1) is 0 Å². The van der Waals surface area contributed by atoms with E-state index in [2.05, 4.69) is 25.9 Å². The molecule has 0 saturated carbocycles. The summed E-state index contributed by atoms with van der Waals surface area (Å²) in [6.45, 7) is 0.368. The lowest BCUT2D eigenvalue weighted by molar-refractivity contribution is -0.142. The average Bonchev–Trinajstić information content (AvgIpc) is 3.44. The molecule has 2 rings (SSSR count). The molecule has 1 aromatic heterocycles. The van der Waals surface area contributed by atoms with Gasteiger partial charge in [-0.1, -0.05) is 12.1 Å². The van der Waals surface area contributed by atoms with Crippen LogP contribution in [-0.2, 0) is 36.8 Å². The second-order valence-electron chi connectivity index (χ2n) is 9.50. The SMILES string of the molecule is NCCCCC(NC(=O)C(Cc1cnc[nH]1)NC(=O)C(Cc1ccc(O)cc1)NC(=O)C(N)CCC(=O)O)C(=O)O. The number of carboxylic acids is 2. The number of carbonyl (C=O) groups is 5. The number of hydrogen-bond donors (Lipinski definition) is 9. The summed E-state index contributed by atoms with van der Waals surface area (Å²) in [4.78, 5) is 68.7. The molecule has 2 aromatic rings. The summed E-state index contributed by atoms with van der Waals surface area (Å²) in [6, 6.07) is 0.953. The van der Waals surface area contributed by atoms with Crippen molar-refractivity contribution in [2.24, 2.45) is 11.5 Å². The first-order valence-corrected chi connectivity index (χ1v) is 13.1. The largest absolute Gasteiger partial charge is 0.508 e. The number of nitrogens with zero attached hydrogens (tertiary/aromatic N) is 1. The number of rotatable bonds is 18. The molecule has 15 nitrogen and oxygen atoms in total. The molecule has 4 atom stereocenters. The fourth-order valence-corrected chi connectivity index (χ4v) is 3.89.